The first-order chi connectivity index (χ1) is 8.81. The summed E-state index contributed by atoms with van der Waals surface area (Å²) in [5.41, 5.74) is 8.57. The van der Waals surface area contributed by atoms with Gasteiger partial charge in [0.25, 0.3) is 0 Å². The average Bonchev–Trinajstić information content (AvgIpc) is 2.36. The highest BCUT2D eigenvalue weighted by Gasteiger charge is 2.36. The largest absolute Gasteiger partial charge is 0.398 e. The van der Waals surface area contributed by atoms with Gasteiger partial charge in [-0.1, -0.05) is 19.9 Å². The summed E-state index contributed by atoms with van der Waals surface area (Å²) in [6, 6.07) is 5.86. The van der Waals surface area contributed by atoms with Crippen molar-refractivity contribution in [3.63, 3.8) is 0 Å². The van der Waals surface area contributed by atoms with Crippen molar-refractivity contribution in [2.45, 2.75) is 52.1 Å². The molecule has 0 aromatic heterocycles. The van der Waals surface area contributed by atoms with Crippen LogP contribution in [0.5, 0.6) is 0 Å². The van der Waals surface area contributed by atoms with Gasteiger partial charge in [0.1, 0.15) is 0 Å². The summed E-state index contributed by atoms with van der Waals surface area (Å²) in [7, 11) is 0. The molecule has 4 N–H and O–H groups in total. The molecule has 0 amide bonds. The van der Waals surface area contributed by atoms with Gasteiger partial charge in [-0.15, -0.1) is 0 Å². The van der Waals surface area contributed by atoms with E-state index in [2.05, 4.69) is 19.2 Å². The summed E-state index contributed by atoms with van der Waals surface area (Å²) in [5, 5.41) is 14.0. The maximum absolute atomic E-state index is 10.6. The van der Waals surface area contributed by atoms with Crippen LogP contribution >= 0.6 is 0 Å². The van der Waals surface area contributed by atoms with Crippen LogP contribution in [0.25, 0.3) is 0 Å². The maximum atomic E-state index is 10.6. The lowest BCUT2D eigenvalue weighted by Crippen LogP contribution is -2.42. The third-order valence-electron chi connectivity index (χ3n) is 4.52. The molecule has 0 unspecified atom stereocenters. The number of hydrogen-bond donors (Lipinski definition) is 3. The van der Waals surface area contributed by atoms with Crippen LogP contribution in [0.15, 0.2) is 18.2 Å². The molecule has 0 heterocycles. The lowest BCUT2D eigenvalue weighted by Gasteiger charge is -2.40. The van der Waals surface area contributed by atoms with Crippen LogP contribution in [0.1, 0.15) is 45.1 Å². The van der Waals surface area contributed by atoms with Gasteiger partial charge in [0.2, 0.25) is 0 Å². The zero-order chi connectivity index (χ0) is 14.1. The fourth-order valence-corrected chi connectivity index (χ4v) is 2.67. The molecule has 1 aliphatic carbocycles. The van der Waals surface area contributed by atoms with Gasteiger partial charge in [-0.3, -0.25) is 0 Å². The number of rotatable bonds is 3. The van der Waals surface area contributed by atoms with E-state index in [-0.39, 0.29) is 0 Å². The number of anilines is 2. The Morgan fingerprint density at radius 1 is 1.21 bits per heavy atom. The van der Waals surface area contributed by atoms with Crippen molar-refractivity contribution in [2.75, 3.05) is 17.6 Å². The van der Waals surface area contributed by atoms with E-state index >= 15 is 0 Å². The minimum absolute atomic E-state index is 0.374. The van der Waals surface area contributed by atoms with Crippen molar-refractivity contribution in [3.8, 4) is 0 Å². The molecule has 3 nitrogen and oxygen atoms in total. The summed E-state index contributed by atoms with van der Waals surface area (Å²) in [5.74, 6) is 0. The highest BCUT2D eigenvalue weighted by atomic mass is 16.3. The van der Waals surface area contributed by atoms with Gasteiger partial charge in [0.15, 0.2) is 0 Å². The molecule has 1 saturated carbocycles. The van der Waals surface area contributed by atoms with Crippen molar-refractivity contribution < 1.29 is 5.11 Å². The van der Waals surface area contributed by atoms with Crippen LogP contribution in [-0.2, 0) is 0 Å². The molecule has 1 aliphatic rings. The second-order valence-corrected chi connectivity index (χ2v) is 6.76. The van der Waals surface area contributed by atoms with E-state index < -0.39 is 5.60 Å². The zero-order valence-electron chi connectivity index (χ0n) is 12.3. The summed E-state index contributed by atoms with van der Waals surface area (Å²) in [4.78, 5) is 0. The van der Waals surface area contributed by atoms with E-state index in [1.165, 1.54) is 0 Å². The highest BCUT2D eigenvalue weighted by Crippen LogP contribution is 2.40. The van der Waals surface area contributed by atoms with Crippen LogP contribution in [0.2, 0.25) is 0 Å². The monoisotopic (exact) mass is 262 g/mol. The Kier molecular flexibility index (Phi) is 3.77. The number of hydrogen-bond acceptors (Lipinski definition) is 3. The predicted octanol–water partition coefficient (Wildman–Crippen LogP) is 3.32. The van der Waals surface area contributed by atoms with E-state index in [0.717, 1.165) is 42.6 Å². The number of nitrogen functional groups attached to an aromatic ring is 1. The van der Waals surface area contributed by atoms with E-state index in [0.29, 0.717) is 12.0 Å². The second-order valence-electron chi connectivity index (χ2n) is 6.76. The molecule has 0 spiro atoms. The van der Waals surface area contributed by atoms with Gasteiger partial charge >= 0.3 is 0 Å². The minimum Gasteiger partial charge on any atom is -0.398 e. The normalized spacial score (nSPS) is 21.1. The predicted molar refractivity (Wildman–Crippen MR) is 81.3 cm³/mol. The second kappa shape index (κ2) is 5.04. The van der Waals surface area contributed by atoms with Crippen molar-refractivity contribution in [2.24, 2.45) is 5.41 Å². The van der Waals surface area contributed by atoms with Gasteiger partial charge in [-0.25, -0.2) is 0 Å². The summed E-state index contributed by atoms with van der Waals surface area (Å²) < 4.78 is 0. The average molecular weight is 262 g/mol. The third-order valence-corrected chi connectivity index (χ3v) is 4.52. The maximum Gasteiger partial charge on any atom is 0.0819 e. The van der Waals surface area contributed by atoms with Gasteiger partial charge in [-0.05, 0) is 55.7 Å². The topological polar surface area (TPSA) is 58.3 Å². The quantitative estimate of drug-likeness (QED) is 0.732. The van der Waals surface area contributed by atoms with Crippen molar-refractivity contribution in [1.82, 2.24) is 0 Å². The fraction of sp³-hybridized carbons (Fsp3) is 0.625. The lowest BCUT2D eigenvalue weighted by molar-refractivity contribution is -0.0145. The van der Waals surface area contributed by atoms with Gasteiger partial charge in [-0.2, -0.15) is 0 Å². The minimum atomic E-state index is -0.577. The standard InChI is InChI=1S/C16H26N2O/c1-12-13(17)5-4-6-14(12)18-11-16(19)9-7-15(2,3)8-10-16/h4-6,18-19H,7-11,17H2,1-3H3. The molecule has 1 aromatic rings. The zero-order valence-corrected chi connectivity index (χ0v) is 12.3. The Hall–Kier alpha value is -1.22. The number of nitrogens with one attached hydrogen (secondary N) is 1. The summed E-state index contributed by atoms with van der Waals surface area (Å²) in [6.45, 7) is 7.17. The Morgan fingerprint density at radius 2 is 1.84 bits per heavy atom. The van der Waals surface area contributed by atoms with Crippen LogP contribution in [-0.4, -0.2) is 17.3 Å². The molecule has 0 aliphatic heterocycles. The van der Waals surface area contributed by atoms with E-state index in [1.807, 2.05) is 25.1 Å². The molecule has 0 radical (unpaired) electrons. The van der Waals surface area contributed by atoms with Gasteiger partial charge < -0.3 is 16.2 Å². The molecule has 0 atom stereocenters. The molecule has 3 heteroatoms. The SMILES string of the molecule is Cc1c(N)cccc1NCC1(O)CCC(C)(C)CC1. The highest BCUT2D eigenvalue weighted by molar-refractivity contribution is 5.62. The van der Waals surface area contributed by atoms with E-state index in [4.69, 9.17) is 5.73 Å². The molecule has 1 fully saturated rings. The molecular formula is C16H26N2O. The third kappa shape index (κ3) is 3.41. The molecular weight excluding hydrogens is 236 g/mol. The first-order valence-electron chi connectivity index (χ1n) is 7.13. The van der Waals surface area contributed by atoms with E-state index in [9.17, 15) is 5.11 Å². The van der Waals surface area contributed by atoms with Crippen LogP contribution < -0.4 is 11.1 Å². The lowest BCUT2D eigenvalue weighted by atomic mass is 9.71. The molecule has 0 bridgehead atoms. The van der Waals surface area contributed by atoms with Gasteiger partial charge in [0.05, 0.1) is 5.60 Å². The van der Waals surface area contributed by atoms with Crippen LogP contribution in [0.3, 0.4) is 0 Å². The molecule has 0 saturated heterocycles. The van der Waals surface area contributed by atoms with Crippen molar-refractivity contribution in [3.05, 3.63) is 23.8 Å². The number of benzene rings is 1. The molecule has 1 aromatic carbocycles. The smallest absolute Gasteiger partial charge is 0.0819 e. The molecule has 106 valence electrons. The summed E-state index contributed by atoms with van der Waals surface area (Å²) in [6.07, 6.45) is 3.91. The van der Waals surface area contributed by atoms with Crippen molar-refractivity contribution in [1.29, 1.82) is 0 Å². The molecule has 2 rings (SSSR count). The Morgan fingerprint density at radius 3 is 2.47 bits per heavy atom. The molecule has 19 heavy (non-hydrogen) atoms. The first kappa shape index (κ1) is 14.2. The summed E-state index contributed by atoms with van der Waals surface area (Å²) >= 11 is 0. The van der Waals surface area contributed by atoms with E-state index in [1.54, 1.807) is 0 Å². The van der Waals surface area contributed by atoms with Crippen molar-refractivity contribution >= 4 is 11.4 Å². The van der Waals surface area contributed by atoms with Gasteiger partial charge in [0, 0.05) is 17.9 Å². The number of nitrogens with two attached hydrogens (primary N) is 1. The Balaban J connectivity index is 1.97. The number of aliphatic hydroxyl groups is 1. The first-order valence-corrected chi connectivity index (χ1v) is 7.13. The Bertz CT molecular complexity index is 444. The van der Waals surface area contributed by atoms with Crippen LogP contribution in [0, 0.1) is 12.3 Å². The Labute approximate surface area is 116 Å². The fourth-order valence-electron chi connectivity index (χ4n) is 2.67. The van der Waals surface area contributed by atoms with Crippen LogP contribution in [0.4, 0.5) is 11.4 Å².